The molecule has 0 aliphatic carbocycles. The van der Waals surface area contributed by atoms with E-state index in [1.54, 1.807) is 0 Å². The summed E-state index contributed by atoms with van der Waals surface area (Å²) >= 11 is 0. The van der Waals surface area contributed by atoms with Gasteiger partial charge in [-0.2, -0.15) is 5.10 Å². The smallest absolute Gasteiger partial charge is 0.327 e. The molecule has 1 aromatic heterocycles. The molecule has 0 N–H and O–H groups in total. The minimum atomic E-state index is -0.749. The van der Waals surface area contributed by atoms with Crippen LogP contribution in [0.5, 0.6) is 0 Å². The molecule has 9 heteroatoms. The van der Waals surface area contributed by atoms with Gasteiger partial charge in [-0.15, -0.1) is 0 Å². The van der Waals surface area contributed by atoms with Gasteiger partial charge in [0.15, 0.2) is 5.82 Å². The highest BCUT2D eigenvalue weighted by Crippen LogP contribution is 2.37. The number of methoxy groups -OCH3 is 1. The van der Waals surface area contributed by atoms with Crippen molar-refractivity contribution in [1.29, 1.82) is 0 Å². The van der Waals surface area contributed by atoms with Crippen molar-refractivity contribution in [3.63, 3.8) is 0 Å². The molecule has 43 heavy (non-hydrogen) atoms. The summed E-state index contributed by atoms with van der Waals surface area (Å²) in [7, 11) is 1.39. The van der Waals surface area contributed by atoms with Gasteiger partial charge in [-0.25, -0.2) is 18.3 Å². The molecule has 1 amide bonds. The molecule has 2 fully saturated rings. The van der Waals surface area contributed by atoms with Crippen LogP contribution in [0, 0.1) is 11.6 Å². The average Bonchev–Trinajstić information content (AvgIpc) is 3.71. The van der Waals surface area contributed by atoms with Gasteiger partial charge in [0.05, 0.1) is 24.6 Å². The van der Waals surface area contributed by atoms with Crippen molar-refractivity contribution in [2.24, 2.45) is 0 Å². The monoisotopic (exact) mass is 584 g/mol. The zero-order valence-corrected chi connectivity index (χ0v) is 24.0. The van der Waals surface area contributed by atoms with Gasteiger partial charge in [-0.05, 0) is 55.6 Å². The summed E-state index contributed by atoms with van der Waals surface area (Å²) in [5.74, 6) is -1.79. The molecule has 0 saturated carbocycles. The van der Waals surface area contributed by atoms with Crippen molar-refractivity contribution in [3.05, 3.63) is 119 Å². The molecule has 6 rings (SSSR count). The van der Waals surface area contributed by atoms with Gasteiger partial charge in [-0.3, -0.25) is 9.69 Å². The Kier molecular flexibility index (Phi) is 8.33. The average molecular weight is 585 g/mol. The highest BCUT2D eigenvalue weighted by atomic mass is 19.1. The van der Waals surface area contributed by atoms with Gasteiger partial charge in [-0.1, -0.05) is 60.7 Å². The summed E-state index contributed by atoms with van der Waals surface area (Å²) in [4.78, 5) is 30.8. The van der Waals surface area contributed by atoms with E-state index in [1.807, 2.05) is 53.4 Å². The van der Waals surface area contributed by atoms with Crippen LogP contribution in [0.2, 0.25) is 0 Å². The van der Waals surface area contributed by atoms with Crippen LogP contribution < -0.4 is 0 Å². The van der Waals surface area contributed by atoms with Gasteiger partial charge in [0.2, 0.25) is 0 Å². The van der Waals surface area contributed by atoms with Crippen LogP contribution in [-0.4, -0.2) is 64.7 Å². The molecule has 0 spiro atoms. The molecule has 2 saturated heterocycles. The van der Waals surface area contributed by atoms with E-state index in [0.717, 1.165) is 18.1 Å². The summed E-state index contributed by atoms with van der Waals surface area (Å²) < 4.78 is 35.5. The van der Waals surface area contributed by atoms with Crippen LogP contribution in [0.4, 0.5) is 8.78 Å². The molecule has 1 unspecified atom stereocenters. The zero-order chi connectivity index (χ0) is 29.9. The van der Waals surface area contributed by atoms with Gasteiger partial charge < -0.3 is 9.64 Å². The molecule has 3 aromatic carbocycles. The molecule has 0 radical (unpaired) electrons. The largest absolute Gasteiger partial charge is 0.468 e. The fraction of sp³-hybridized carbons (Fsp3) is 0.324. The second-order valence-corrected chi connectivity index (χ2v) is 11.2. The maximum Gasteiger partial charge on any atom is 0.327 e. The van der Waals surface area contributed by atoms with Crippen molar-refractivity contribution >= 4 is 11.9 Å². The normalized spacial score (nSPS) is 18.5. The number of ether oxygens (including phenoxy) is 1. The summed E-state index contributed by atoms with van der Waals surface area (Å²) in [6.45, 7) is 2.33. The quantitative estimate of drug-likeness (QED) is 0.254. The first-order chi connectivity index (χ1) is 20.9. The maximum atomic E-state index is 15.1. The van der Waals surface area contributed by atoms with Gasteiger partial charge in [0.1, 0.15) is 17.5 Å². The minimum absolute atomic E-state index is 0.0955. The number of amides is 1. The lowest BCUT2D eigenvalue weighted by atomic mass is 9.89. The Bertz CT molecular complexity index is 1590. The van der Waals surface area contributed by atoms with E-state index in [2.05, 4.69) is 22.1 Å². The second kappa shape index (κ2) is 12.5. The van der Waals surface area contributed by atoms with E-state index >= 15 is 4.39 Å². The van der Waals surface area contributed by atoms with E-state index in [-0.39, 0.29) is 29.4 Å². The fourth-order valence-electron chi connectivity index (χ4n) is 6.55. The molecule has 0 bridgehead atoms. The molecular weight excluding hydrogens is 550 g/mol. The first-order valence-electron chi connectivity index (χ1n) is 14.7. The van der Waals surface area contributed by atoms with Gasteiger partial charge >= 0.3 is 5.97 Å². The molecule has 2 aliphatic rings. The number of hydrogen-bond acceptors (Lipinski definition) is 5. The van der Waals surface area contributed by atoms with Crippen LogP contribution in [0.15, 0.2) is 85.1 Å². The van der Waals surface area contributed by atoms with Crippen molar-refractivity contribution in [1.82, 2.24) is 19.6 Å². The van der Waals surface area contributed by atoms with Crippen molar-refractivity contribution in [2.75, 3.05) is 33.3 Å². The standard InChI is InChI=1S/C34H34F2N4O3/c1-43-34(42)32(24-10-6-3-7-11-24)38-17-14-25(15-18-38)31-28(21-37-40(31)30-13-12-27(35)20-29(30)36)33(41)39-19-16-26(22-39)23-8-4-2-5-9-23/h2-13,20-21,25-26,32H,14-19,22H2,1H3/t26-,32?/m0/s1. The maximum absolute atomic E-state index is 15.1. The van der Waals surface area contributed by atoms with Crippen molar-refractivity contribution in [2.45, 2.75) is 37.1 Å². The number of carbonyl (C=O) groups is 2. The lowest BCUT2D eigenvalue weighted by Gasteiger charge is -2.36. The number of benzene rings is 3. The van der Waals surface area contributed by atoms with E-state index in [1.165, 1.54) is 35.7 Å². The topological polar surface area (TPSA) is 67.7 Å². The van der Waals surface area contributed by atoms with Crippen molar-refractivity contribution < 1.29 is 23.1 Å². The number of aromatic nitrogens is 2. The Labute approximate surface area is 249 Å². The number of esters is 1. The molecular formula is C34H34F2N4O3. The Morgan fingerprint density at radius 2 is 1.56 bits per heavy atom. The molecule has 4 aromatic rings. The summed E-state index contributed by atoms with van der Waals surface area (Å²) in [6, 6.07) is 22.5. The number of nitrogens with zero attached hydrogens (tertiary/aromatic N) is 4. The summed E-state index contributed by atoms with van der Waals surface area (Å²) in [5, 5.41) is 4.48. The number of piperidine rings is 1. The predicted molar refractivity (Wildman–Crippen MR) is 158 cm³/mol. The minimum Gasteiger partial charge on any atom is -0.468 e. The highest BCUT2D eigenvalue weighted by Gasteiger charge is 2.37. The number of carbonyl (C=O) groups excluding carboxylic acids is 2. The number of likely N-dealkylation sites (tertiary alicyclic amines) is 2. The highest BCUT2D eigenvalue weighted by molar-refractivity contribution is 5.95. The Balaban J connectivity index is 1.29. The van der Waals surface area contributed by atoms with E-state index in [9.17, 15) is 14.0 Å². The van der Waals surface area contributed by atoms with Gasteiger partial charge in [0, 0.05) is 31.0 Å². The molecule has 3 heterocycles. The summed E-state index contributed by atoms with van der Waals surface area (Å²) in [5.41, 5.74) is 3.20. The van der Waals surface area contributed by atoms with Crippen LogP contribution in [0.25, 0.3) is 5.69 Å². The first kappa shape index (κ1) is 28.7. The van der Waals surface area contributed by atoms with Gasteiger partial charge in [0.25, 0.3) is 5.91 Å². The third-order valence-electron chi connectivity index (χ3n) is 8.74. The second-order valence-electron chi connectivity index (χ2n) is 11.2. The Hall–Kier alpha value is -4.37. The zero-order valence-electron chi connectivity index (χ0n) is 24.0. The van der Waals surface area contributed by atoms with Crippen LogP contribution in [-0.2, 0) is 9.53 Å². The predicted octanol–water partition coefficient (Wildman–Crippen LogP) is 5.87. The Morgan fingerprint density at radius 1 is 0.884 bits per heavy atom. The van der Waals surface area contributed by atoms with Crippen LogP contribution in [0.1, 0.15) is 64.3 Å². The molecule has 222 valence electrons. The lowest BCUT2D eigenvalue weighted by molar-refractivity contribution is -0.147. The van der Waals surface area contributed by atoms with E-state index in [0.29, 0.717) is 50.3 Å². The lowest BCUT2D eigenvalue weighted by Crippen LogP contribution is -2.40. The van der Waals surface area contributed by atoms with E-state index < -0.39 is 17.7 Å². The summed E-state index contributed by atoms with van der Waals surface area (Å²) in [6.07, 6.45) is 3.60. The molecule has 2 atom stereocenters. The molecule has 2 aliphatic heterocycles. The SMILES string of the molecule is COC(=O)C(c1ccccc1)N1CCC(c2c(C(=O)N3CC[C@H](c4ccccc4)C3)cnn2-c2ccc(F)cc2F)CC1. The van der Waals surface area contributed by atoms with Crippen LogP contribution >= 0.6 is 0 Å². The number of halogens is 2. The van der Waals surface area contributed by atoms with Crippen LogP contribution in [0.3, 0.4) is 0 Å². The molecule has 7 nitrogen and oxygen atoms in total. The first-order valence-corrected chi connectivity index (χ1v) is 14.7. The van der Waals surface area contributed by atoms with Crippen molar-refractivity contribution in [3.8, 4) is 5.69 Å². The third-order valence-corrected chi connectivity index (χ3v) is 8.74. The Morgan fingerprint density at radius 3 is 2.23 bits per heavy atom. The third kappa shape index (κ3) is 5.82. The fourth-order valence-corrected chi connectivity index (χ4v) is 6.55. The number of rotatable bonds is 7. The number of hydrogen-bond donors (Lipinski definition) is 0. The van der Waals surface area contributed by atoms with E-state index in [4.69, 9.17) is 4.74 Å².